The maximum absolute atomic E-state index is 12.7. The molecule has 1 heterocycles. The molecule has 0 aliphatic rings. The zero-order valence-electron chi connectivity index (χ0n) is 15.3. The van der Waals surface area contributed by atoms with Gasteiger partial charge >= 0.3 is 12.2 Å². The van der Waals surface area contributed by atoms with Crippen LogP contribution in [0.25, 0.3) is 10.9 Å². The van der Waals surface area contributed by atoms with Gasteiger partial charge in [0.1, 0.15) is 0 Å². The highest BCUT2D eigenvalue weighted by Crippen LogP contribution is 2.29. The molecule has 0 radical (unpaired) electrons. The van der Waals surface area contributed by atoms with Crippen molar-refractivity contribution in [3.05, 3.63) is 77.5 Å². The van der Waals surface area contributed by atoms with Crippen molar-refractivity contribution >= 4 is 16.9 Å². The van der Waals surface area contributed by atoms with E-state index in [-0.39, 0.29) is 12.6 Å². The second-order valence-corrected chi connectivity index (χ2v) is 6.36. The Morgan fingerprint density at radius 1 is 1.07 bits per heavy atom. The number of amides is 2. The van der Waals surface area contributed by atoms with Gasteiger partial charge in [-0.2, -0.15) is 13.2 Å². The van der Waals surface area contributed by atoms with E-state index >= 15 is 0 Å². The van der Waals surface area contributed by atoms with Crippen molar-refractivity contribution in [2.24, 2.45) is 0 Å². The van der Waals surface area contributed by atoms with E-state index in [1.54, 1.807) is 11.1 Å². The number of para-hydroxylation sites is 1. The molecule has 0 saturated carbocycles. The van der Waals surface area contributed by atoms with Crippen LogP contribution in [0.4, 0.5) is 18.0 Å². The first-order chi connectivity index (χ1) is 13.4. The van der Waals surface area contributed by atoms with E-state index in [4.69, 9.17) is 0 Å². The van der Waals surface area contributed by atoms with Crippen LogP contribution in [0.5, 0.6) is 0 Å². The summed E-state index contributed by atoms with van der Waals surface area (Å²) < 4.78 is 38.0. The number of carbonyl (C=O) groups excluding carboxylic acids is 1. The predicted molar refractivity (Wildman–Crippen MR) is 102 cm³/mol. The molecule has 1 N–H and O–H groups in total. The quantitative estimate of drug-likeness (QED) is 0.671. The Morgan fingerprint density at radius 3 is 2.46 bits per heavy atom. The number of nitrogens with one attached hydrogen (secondary N) is 1. The number of alkyl halides is 3. The molecule has 2 amide bonds. The lowest BCUT2D eigenvalue weighted by Crippen LogP contribution is -2.39. The van der Waals surface area contributed by atoms with Gasteiger partial charge in [0.05, 0.1) is 11.1 Å². The number of fused-ring (bicyclic) bond motifs is 1. The normalized spacial score (nSPS) is 11.4. The van der Waals surface area contributed by atoms with Crippen molar-refractivity contribution in [1.82, 2.24) is 15.2 Å². The van der Waals surface area contributed by atoms with Crippen molar-refractivity contribution in [1.29, 1.82) is 0 Å². The molecule has 0 aliphatic heterocycles. The summed E-state index contributed by atoms with van der Waals surface area (Å²) in [5.74, 6) is 0. The van der Waals surface area contributed by atoms with Gasteiger partial charge in [0.2, 0.25) is 0 Å². The highest BCUT2D eigenvalue weighted by atomic mass is 19.4. The van der Waals surface area contributed by atoms with Crippen LogP contribution in [0.1, 0.15) is 23.6 Å². The Bertz CT molecular complexity index is 950. The van der Waals surface area contributed by atoms with E-state index in [0.29, 0.717) is 18.7 Å². The lowest BCUT2D eigenvalue weighted by Gasteiger charge is -2.22. The van der Waals surface area contributed by atoms with Gasteiger partial charge in [-0.25, -0.2) is 4.79 Å². The topological polar surface area (TPSA) is 45.2 Å². The molecule has 4 nitrogen and oxygen atoms in total. The summed E-state index contributed by atoms with van der Waals surface area (Å²) in [6.45, 7) is 2.80. The SMILES string of the molecule is CCN(Cc1ccc(C(F)(F)F)cc1)C(=O)NCc1cccc2cccnc12. The fraction of sp³-hybridized carbons (Fsp3) is 0.238. The third kappa shape index (κ3) is 4.60. The number of rotatable bonds is 5. The second kappa shape index (κ2) is 8.29. The number of halogens is 3. The largest absolute Gasteiger partial charge is 0.416 e. The van der Waals surface area contributed by atoms with Crippen molar-refractivity contribution in [3.8, 4) is 0 Å². The van der Waals surface area contributed by atoms with Crippen LogP contribution in [0.3, 0.4) is 0 Å². The van der Waals surface area contributed by atoms with E-state index in [1.165, 1.54) is 12.1 Å². The lowest BCUT2D eigenvalue weighted by atomic mass is 10.1. The zero-order chi connectivity index (χ0) is 20.1. The van der Waals surface area contributed by atoms with Gasteiger partial charge in [-0.1, -0.05) is 36.4 Å². The number of urea groups is 1. The minimum absolute atomic E-state index is 0.230. The third-order valence-electron chi connectivity index (χ3n) is 4.47. The molecule has 0 saturated heterocycles. The van der Waals surface area contributed by atoms with E-state index in [1.807, 2.05) is 37.3 Å². The summed E-state index contributed by atoms with van der Waals surface area (Å²) in [6.07, 6.45) is -2.66. The van der Waals surface area contributed by atoms with Crippen molar-refractivity contribution in [2.45, 2.75) is 26.2 Å². The fourth-order valence-corrected chi connectivity index (χ4v) is 2.94. The molecule has 1 aromatic heterocycles. The molecule has 0 atom stereocenters. The van der Waals surface area contributed by atoms with Crippen LogP contribution in [0.2, 0.25) is 0 Å². The number of benzene rings is 2. The van der Waals surface area contributed by atoms with Crippen molar-refractivity contribution < 1.29 is 18.0 Å². The first-order valence-corrected chi connectivity index (χ1v) is 8.90. The third-order valence-corrected chi connectivity index (χ3v) is 4.47. The van der Waals surface area contributed by atoms with Crippen LogP contribution in [-0.2, 0) is 19.3 Å². The molecule has 28 heavy (non-hydrogen) atoms. The maximum atomic E-state index is 12.7. The molecule has 2 aromatic carbocycles. The van der Waals surface area contributed by atoms with E-state index in [9.17, 15) is 18.0 Å². The molecule has 146 valence electrons. The number of aromatic nitrogens is 1. The molecule has 3 rings (SSSR count). The number of nitrogens with zero attached hydrogens (tertiary/aromatic N) is 2. The standard InChI is InChI=1S/C21H20F3N3O/c1-2-27(14-15-8-10-18(11-9-15)21(22,23)24)20(28)26-13-17-6-3-5-16-7-4-12-25-19(16)17/h3-12H,2,13-14H2,1H3,(H,26,28). The molecule has 0 aliphatic carbocycles. The first kappa shape index (κ1) is 19.7. The summed E-state index contributed by atoms with van der Waals surface area (Å²) in [6, 6.07) is 14.1. The van der Waals surface area contributed by atoms with Gasteiger partial charge in [0.25, 0.3) is 0 Å². The zero-order valence-corrected chi connectivity index (χ0v) is 15.3. The van der Waals surface area contributed by atoms with Crippen LogP contribution in [-0.4, -0.2) is 22.5 Å². The van der Waals surface area contributed by atoms with E-state index < -0.39 is 11.7 Å². The number of hydrogen-bond acceptors (Lipinski definition) is 2. The Morgan fingerprint density at radius 2 is 1.79 bits per heavy atom. The van der Waals surface area contributed by atoms with Crippen molar-refractivity contribution in [2.75, 3.05) is 6.54 Å². The van der Waals surface area contributed by atoms with E-state index in [0.717, 1.165) is 28.6 Å². The van der Waals surface area contributed by atoms with E-state index in [2.05, 4.69) is 10.3 Å². The molecule has 0 fully saturated rings. The predicted octanol–water partition coefficient (Wildman–Crippen LogP) is 4.99. The molecular weight excluding hydrogens is 367 g/mol. The molecule has 0 bridgehead atoms. The second-order valence-electron chi connectivity index (χ2n) is 6.36. The van der Waals surface area contributed by atoms with Crippen LogP contribution in [0.15, 0.2) is 60.8 Å². The Labute approximate surface area is 161 Å². The minimum Gasteiger partial charge on any atom is -0.334 e. The Hall–Kier alpha value is -3.09. The van der Waals surface area contributed by atoms with Crippen molar-refractivity contribution in [3.63, 3.8) is 0 Å². The molecule has 0 spiro atoms. The monoisotopic (exact) mass is 387 g/mol. The Kier molecular flexibility index (Phi) is 5.82. The molecule has 3 aromatic rings. The highest BCUT2D eigenvalue weighted by molar-refractivity contribution is 5.82. The van der Waals surface area contributed by atoms with Crippen LogP contribution < -0.4 is 5.32 Å². The first-order valence-electron chi connectivity index (χ1n) is 8.90. The van der Waals surface area contributed by atoms with Gasteiger partial charge < -0.3 is 10.2 Å². The number of hydrogen-bond donors (Lipinski definition) is 1. The average molecular weight is 387 g/mol. The smallest absolute Gasteiger partial charge is 0.334 e. The van der Waals surface area contributed by atoms with Gasteiger partial charge in [0, 0.05) is 31.2 Å². The number of carbonyl (C=O) groups is 1. The molecule has 7 heteroatoms. The fourth-order valence-electron chi connectivity index (χ4n) is 2.94. The molecular formula is C21H20F3N3O. The highest BCUT2D eigenvalue weighted by Gasteiger charge is 2.30. The minimum atomic E-state index is -4.37. The summed E-state index contributed by atoms with van der Waals surface area (Å²) >= 11 is 0. The lowest BCUT2D eigenvalue weighted by molar-refractivity contribution is -0.137. The van der Waals surface area contributed by atoms with Crippen LogP contribution >= 0.6 is 0 Å². The summed E-state index contributed by atoms with van der Waals surface area (Å²) in [5, 5.41) is 3.86. The summed E-state index contributed by atoms with van der Waals surface area (Å²) in [7, 11) is 0. The van der Waals surface area contributed by atoms with Gasteiger partial charge in [-0.3, -0.25) is 4.98 Å². The average Bonchev–Trinajstić information content (AvgIpc) is 2.70. The van der Waals surface area contributed by atoms with Gasteiger partial charge in [0.15, 0.2) is 0 Å². The Balaban J connectivity index is 1.65. The maximum Gasteiger partial charge on any atom is 0.416 e. The van der Waals surface area contributed by atoms with Gasteiger partial charge in [-0.15, -0.1) is 0 Å². The number of pyridine rings is 1. The van der Waals surface area contributed by atoms with Gasteiger partial charge in [-0.05, 0) is 36.2 Å². The summed E-state index contributed by atoms with van der Waals surface area (Å²) in [5.41, 5.74) is 1.66. The molecule has 0 unspecified atom stereocenters. The summed E-state index contributed by atoms with van der Waals surface area (Å²) in [4.78, 5) is 18.4. The van der Waals surface area contributed by atoms with Crippen LogP contribution in [0, 0.1) is 0 Å².